The number of ether oxygens (including phenoxy) is 1. The molecule has 1 aromatic carbocycles. The number of carbonyl (C=O) groups is 2. The molecule has 1 aromatic rings. The van der Waals surface area contributed by atoms with Crippen LogP contribution in [0.5, 0.6) is 0 Å². The number of anilines is 1. The number of nitrogens with one attached hydrogen (secondary N) is 1. The molecule has 0 saturated heterocycles. The minimum atomic E-state index is -0.456. The number of amides is 1. The number of unbranched alkanes of at least 4 members (excludes halogenated alkanes) is 1. The van der Waals surface area contributed by atoms with Crippen LogP contribution in [-0.4, -0.2) is 18.5 Å². The van der Waals surface area contributed by atoms with Crippen molar-refractivity contribution in [3.8, 4) is 0 Å². The summed E-state index contributed by atoms with van der Waals surface area (Å²) in [4.78, 5) is 22.6. The van der Waals surface area contributed by atoms with E-state index in [0.717, 1.165) is 0 Å². The van der Waals surface area contributed by atoms with Crippen LogP contribution in [-0.2, 0) is 14.3 Å². The zero-order valence-corrected chi connectivity index (χ0v) is 10.9. The molecule has 0 aromatic heterocycles. The zero-order chi connectivity index (χ0) is 14.1. The van der Waals surface area contributed by atoms with Gasteiger partial charge in [0.25, 0.3) is 0 Å². The van der Waals surface area contributed by atoms with Gasteiger partial charge in [0, 0.05) is 12.8 Å². The van der Waals surface area contributed by atoms with Gasteiger partial charge in [-0.05, 0) is 31.9 Å². The summed E-state index contributed by atoms with van der Waals surface area (Å²) in [5.41, 5.74) is 0.179. The van der Waals surface area contributed by atoms with Crippen LogP contribution in [0.3, 0.4) is 0 Å². The van der Waals surface area contributed by atoms with E-state index in [1.807, 2.05) is 0 Å². The molecule has 0 fully saturated rings. The first-order valence-electron chi connectivity index (χ1n) is 6.33. The summed E-state index contributed by atoms with van der Waals surface area (Å²) in [6, 6.07) is 6.01. The number of halogens is 1. The normalized spacial score (nSPS) is 10.0. The van der Waals surface area contributed by atoms with Crippen molar-refractivity contribution in [1.29, 1.82) is 0 Å². The number of rotatable bonds is 7. The summed E-state index contributed by atoms with van der Waals surface area (Å²) >= 11 is 0. The fraction of sp³-hybridized carbons (Fsp3) is 0.429. The van der Waals surface area contributed by atoms with Gasteiger partial charge in [-0.3, -0.25) is 9.59 Å². The number of hydrogen-bond donors (Lipinski definition) is 1. The average molecular weight is 267 g/mol. The van der Waals surface area contributed by atoms with Crippen LogP contribution < -0.4 is 5.32 Å². The van der Waals surface area contributed by atoms with Crippen LogP contribution >= 0.6 is 0 Å². The molecule has 1 N–H and O–H groups in total. The van der Waals surface area contributed by atoms with E-state index < -0.39 is 5.82 Å². The van der Waals surface area contributed by atoms with Crippen molar-refractivity contribution in [2.75, 3.05) is 11.9 Å². The predicted molar refractivity (Wildman–Crippen MR) is 70.1 cm³/mol. The van der Waals surface area contributed by atoms with Crippen LogP contribution in [0.1, 0.15) is 32.6 Å². The lowest BCUT2D eigenvalue weighted by Crippen LogP contribution is -2.12. The van der Waals surface area contributed by atoms with Crippen LogP contribution in [0.2, 0.25) is 0 Å². The molecule has 0 heterocycles. The van der Waals surface area contributed by atoms with Gasteiger partial charge in [-0.15, -0.1) is 0 Å². The summed E-state index contributed by atoms with van der Waals surface area (Å²) < 4.78 is 18.0. The Bertz CT molecular complexity index is 434. The van der Waals surface area contributed by atoms with Crippen molar-refractivity contribution >= 4 is 17.6 Å². The first-order chi connectivity index (χ1) is 9.13. The molecular weight excluding hydrogens is 249 g/mol. The molecule has 5 heteroatoms. The maximum Gasteiger partial charge on any atom is 0.305 e. The van der Waals surface area contributed by atoms with E-state index in [2.05, 4.69) is 5.32 Å². The second-order valence-electron chi connectivity index (χ2n) is 4.04. The lowest BCUT2D eigenvalue weighted by atomic mass is 10.2. The highest BCUT2D eigenvalue weighted by Crippen LogP contribution is 2.13. The Balaban J connectivity index is 2.22. The summed E-state index contributed by atoms with van der Waals surface area (Å²) in [6.07, 6.45) is 1.72. The quantitative estimate of drug-likeness (QED) is 0.610. The van der Waals surface area contributed by atoms with E-state index in [-0.39, 0.29) is 24.0 Å². The molecule has 0 bridgehead atoms. The smallest absolute Gasteiger partial charge is 0.305 e. The van der Waals surface area contributed by atoms with Gasteiger partial charge < -0.3 is 10.1 Å². The molecule has 0 aliphatic heterocycles. The van der Waals surface area contributed by atoms with E-state index in [9.17, 15) is 14.0 Å². The van der Waals surface area contributed by atoms with E-state index in [0.29, 0.717) is 25.9 Å². The van der Waals surface area contributed by atoms with Gasteiger partial charge in [-0.25, -0.2) is 4.39 Å². The SMILES string of the molecule is CCOC(=O)CCCCC(=O)Nc1ccccc1F. The van der Waals surface area contributed by atoms with Gasteiger partial charge in [-0.2, -0.15) is 0 Å². The van der Waals surface area contributed by atoms with Crippen molar-refractivity contribution in [3.05, 3.63) is 30.1 Å². The minimum absolute atomic E-state index is 0.179. The van der Waals surface area contributed by atoms with E-state index in [4.69, 9.17) is 4.74 Å². The highest BCUT2D eigenvalue weighted by Gasteiger charge is 2.07. The standard InChI is InChI=1S/C14H18FNO3/c1-2-19-14(18)10-6-5-9-13(17)16-12-8-4-3-7-11(12)15/h3-4,7-8H,2,5-6,9-10H2,1H3,(H,16,17). The Hall–Kier alpha value is -1.91. The highest BCUT2D eigenvalue weighted by atomic mass is 19.1. The maximum absolute atomic E-state index is 13.3. The fourth-order valence-corrected chi connectivity index (χ4v) is 1.56. The number of carbonyl (C=O) groups excluding carboxylic acids is 2. The summed E-state index contributed by atoms with van der Waals surface area (Å²) in [6.45, 7) is 2.12. The Morgan fingerprint density at radius 3 is 2.58 bits per heavy atom. The summed E-state index contributed by atoms with van der Waals surface area (Å²) in [7, 11) is 0. The fourth-order valence-electron chi connectivity index (χ4n) is 1.56. The Labute approximate surface area is 112 Å². The molecule has 19 heavy (non-hydrogen) atoms. The van der Waals surface area contributed by atoms with Crippen LogP contribution in [0.4, 0.5) is 10.1 Å². The van der Waals surface area contributed by atoms with Crippen LogP contribution in [0.25, 0.3) is 0 Å². The molecule has 0 aliphatic carbocycles. The molecule has 4 nitrogen and oxygen atoms in total. The lowest BCUT2D eigenvalue weighted by Gasteiger charge is -2.06. The van der Waals surface area contributed by atoms with Crippen molar-refractivity contribution < 1.29 is 18.7 Å². The van der Waals surface area contributed by atoms with Crippen molar-refractivity contribution in [1.82, 2.24) is 0 Å². The van der Waals surface area contributed by atoms with Gasteiger partial charge in [-0.1, -0.05) is 12.1 Å². The number of para-hydroxylation sites is 1. The third-order valence-corrected chi connectivity index (χ3v) is 2.49. The number of esters is 1. The molecule has 0 aliphatic rings. The molecule has 1 amide bonds. The second-order valence-corrected chi connectivity index (χ2v) is 4.04. The Morgan fingerprint density at radius 2 is 1.89 bits per heavy atom. The Morgan fingerprint density at radius 1 is 1.21 bits per heavy atom. The predicted octanol–water partition coefficient (Wildman–Crippen LogP) is 2.89. The Kier molecular flexibility index (Phi) is 6.57. The lowest BCUT2D eigenvalue weighted by molar-refractivity contribution is -0.143. The molecule has 0 unspecified atom stereocenters. The van der Waals surface area contributed by atoms with E-state index in [1.165, 1.54) is 12.1 Å². The van der Waals surface area contributed by atoms with Crippen LogP contribution in [0.15, 0.2) is 24.3 Å². The topological polar surface area (TPSA) is 55.4 Å². The molecule has 104 valence electrons. The van der Waals surface area contributed by atoms with Gasteiger partial charge in [0.05, 0.1) is 12.3 Å². The summed E-state index contributed by atoms with van der Waals surface area (Å²) in [5, 5.41) is 2.49. The van der Waals surface area contributed by atoms with Gasteiger partial charge in [0.1, 0.15) is 5.82 Å². The zero-order valence-electron chi connectivity index (χ0n) is 10.9. The highest BCUT2D eigenvalue weighted by molar-refractivity contribution is 5.90. The first-order valence-corrected chi connectivity index (χ1v) is 6.33. The number of hydrogen-bond acceptors (Lipinski definition) is 3. The third-order valence-electron chi connectivity index (χ3n) is 2.49. The van der Waals surface area contributed by atoms with Gasteiger partial charge in [0.15, 0.2) is 0 Å². The monoisotopic (exact) mass is 267 g/mol. The van der Waals surface area contributed by atoms with Crippen LogP contribution in [0, 0.1) is 5.82 Å². The van der Waals surface area contributed by atoms with Gasteiger partial charge in [0.2, 0.25) is 5.91 Å². The van der Waals surface area contributed by atoms with Crippen molar-refractivity contribution in [2.45, 2.75) is 32.6 Å². The second kappa shape index (κ2) is 8.24. The minimum Gasteiger partial charge on any atom is -0.466 e. The summed E-state index contributed by atoms with van der Waals surface area (Å²) in [5.74, 6) is -0.964. The molecular formula is C14H18FNO3. The van der Waals surface area contributed by atoms with E-state index in [1.54, 1.807) is 19.1 Å². The molecule has 0 spiro atoms. The molecule has 0 saturated carbocycles. The molecule has 1 rings (SSSR count). The largest absolute Gasteiger partial charge is 0.466 e. The molecule has 0 radical (unpaired) electrons. The number of benzene rings is 1. The van der Waals surface area contributed by atoms with Crippen molar-refractivity contribution in [2.24, 2.45) is 0 Å². The van der Waals surface area contributed by atoms with Gasteiger partial charge >= 0.3 is 5.97 Å². The average Bonchev–Trinajstić information content (AvgIpc) is 2.38. The third kappa shape index (κ3) is 5.99. The van der Waals surface area contributed by atoms with E-state index >= 15 is 0 Å². The molecule has 0 atom stereocenters. The van der Waals surface area contributed by atoms with Crippen molar-refractivity contribution in [3.63, 3.8) is 0 Å². The maximum atomic E-state index is 13.3. The first kappa shape index (κ1) is 15.1.